The van der Waals surface area contributed by atoms with Crippen molar-refractivity contribution in [1.82, 2.24) is 0 Å². The van der Waals surface area contributed by atoms with Gasteiger partial charge in [0, 0.05) is 6.04 Å². The lowest BCUT2D eigenvalue weighted by Gasteiger charge is -2.21. The van der Waals surface area contributed by atoms with E-state index < -0.39 is 0 Å². The third-order valence-corrected chi connectivity index (χ3v) is 4.09. The van der Waals surface area contributed by atoms with E-state index in [9.17, 15) is 0 Å². The van der Waals surface area contributed by atoms with Gasteiger partial charge in [-0.1, -0.05) is 38.5 Å². The lowest BCUT2D eigenvalue weighted by molar-refractivity contribution is 0.347. The maximum Gasteiger partial charge on any atom is 0.00697 e. The normalized spacial score (nSPS) is 28.4. The molecule has 2 N–H and O–H groups in total. The van der Waals surface area contributed by atoms with Crippen molar-refractivity contribution in [2.75, 3.05) is 0 Å². The highest BCUT2D eigenvalue weighted by Gasteiger charge is 2.25. The quantitative estimate of drug-likeness (QED) is 0.711. The summed E-state index contributed by atoms with van der Waals surface area (Å²) in [7, 11) is 0. The van der Waals surface area contributed by atoms with Gasteiger partial charge in [0.2, 0.25) is 0 Å². The molecule has 0 radical (unpaired) electrons. The largest absolute Gasteiger partial charge is 0.327 e. The van der Waals surface area contributed by atoms with Crippen LogP contribution in [0.3, 0.4) is 0 Å². The van der Waals surface area contributed by atoms with Crippen LogP contribution in [0.5, 0.6) is 0 Å². The van der Waals surface area contributed by atoms with Crippen molar-refractivity contribution >= 4 is 0 Å². The number of rotatable bonds is 3. The summed E-state index contributed by atoms with van der Waals surface area (Å²) < 4.78 is 0. The van der Waals surface area contributed by atoms with Crippen LogP contribution in [-0.2, 0) is 0 Å². The first-order chi connectivity index (χ1) is 6.36. The highest BCUT2D eigenvalue weighted by Crippen LogP contribution is 2.33. The fraction of sp³-hybridized carbons (Fsp3) is 1.00. The third kappa shape index (κ3) is 2.46. The van der Waals surface area contributed by atoms with Crippen molar-refractivity contribution < 1.29 is 0 Å². The second-order valence-electron chi connectivity index (χ2n) is 5.09. The van der Waals surface area contributed by atoms with Crippen molar-refractivity contribution in [3.63, 3.8) is 0 Å². The van der Waals surface area contributed by atoms with Crippen LogP contribution in [0.2, 0.25) is 0 Å². The summed E-state index contributed by atoms with van der Waals surface area (Å²) in [5.74, 6) is 1.86. The van der Waals surface area contributed by atoms with Crippen LogP contribution in [0, 0.1) is 11.8 Å². The maximum absolute atomic E-state index is 6.26. The van der Waals surface area contributed by atoms with Gasteiger partial charge in [-0.05, 0) is 31.1 Å². The molecule has 76 valence electrons. The van der Waals surface area contributed by atoms with Gasteiger partial charge in [0.1, 0.15) is 0 Å². The molecule has 1 atom stereocenters. The second-order valence-corrected chi connectivity index (χ2v) is 5.09. The first-order valence-corrected chi connectivity index (χ1v) is 6.12. The van der Waals surface area contributed by atoms with E-state index in [0.29, 0.717) is 6.04 Å². The van der Waals surface area contributed by atoms with Gasteiger partial charge in [0.05, 0.1) is 0 Å². The zero-order valence-corrected chi connectivity index (χ0v) is 8.67. The molecule has 0 spiro atoms. The zero-order chi connectivity index (χ0) is 9.10. The monoisotopic (exact) mass is 181 g/mol. The lowest BCUT2D eigenvalue weighted by Crippen LogP contribution is -2.30. The molecule has 0 aliphatic heterocycles. The Morgan fingerprint density at radius 1 is 0.923 bits per heavy atom. The minimum Gasteiger partial charge on any atom is -0.327 e. The predicted octanol–water partition coefficient (Wildman–Crippen LogP) is 3.08. The zero-order valence-electron chi connectivity index (χ0n) is 8.67. The van der Waals surface area contributed by atoms with Gasteiger partial charge >= 0.3 is 0 Å². The van der Waals surface area contributed by atoms with Gasteiger partial charge in [-0.2, -0.15) is 0 Å². The molecule has 0 bridgehead atoms. The average Bonchev–Trinajstić information content (AvgIpc) is 2.74. The molecule has 2 rings (SSSR count). The third-order valence-electron chi connectivity index (χ3n) is 4.09. The van der Waals surface area contributed by atoms with Gasteiger partial charge < -0.3 is 5.73 Å². The van der Waals surface area contributed by atoms with Gasteiger partial charge in [0.15, 0.2) is 0 Å². The standard InChI is InChI=1S/C12H23N/c13-12(11-7-3-4-8-11)9-10-5-1-2-6-10/h10-12H,1-9,13H2. The molecule has 1 nitrogen and oxygen atoms in total. The van der Waals surface area contributed by atoms with Gasteiger partial charge in [0.25, 0.3) is 0 Å². The Kier molecular flexibility index (Phi) is 3.26. The van der Waals surface area contributed by atoms with E-state index in [-0.39, 0.29) is 0 Å². The highest BCUT2D eigenvalue weighted by molar-refractivity contribution is 4.81. The topological polar surface area (TPSA) is 26.0 Å². The Hall–Kier alpha value is -0.0400. The molecule has 0 aromatic heterocycles. The average molecular weight is 181 g/mol. The Bertz CT molecular complexity index is 143. The van der Waals surface area contributed by atoms with E-state index in [1.165, 1.54) is 57.8 Å². The van der Waals surface area contributed by atoms with Crippen LogP contribution in [-0.4, -0.2) is 6.04 Å². The predicted molar refractivity (Wildman–Crippen MR) is 56.5 cm³/mol. The molecule has 2 aliphatic rings. The SMILES string of the molecule is NC(CC1CCCC1)C1CCCC1. The lowest BCUT2D eigenvalue weighted by atomic mass is 9.89. The summed E-state index contributed by atoms with van der Waals surface area (Å²) >= 11 is 0. The van der Waals surface area contributed by atoms with Crippen molar-refractivity contribution in [1.29, 1.82) is 0 Å². The molecule has 2 aliphatic carbocycles. The number of hydrogen-bond acceptors (Lipinski definition) is 1. The minimum absolute atomic E-state index is 0.533. The van der Waals surface area contributed by atoms with Gasteiger partial charge in [-0.25, -0.2) is 0 Å². The number of hydrogen-bond donors (Lipinski definition) is 1. The van der Waals surface area contributed by atoms with Crippen molar-refractivity contribution in [2.45, 2.75) is 63.8 Å². The molecule has 13 heavy (non-hydrogen) atoms. The Morgan fingerprint density at radius 2 is 1.46 bits per heavy atom. The molecule has 0 aromatic carbocycles. The minimum atomic E-state index is 0.533. The summed E-state index contributed by atoms with van der Waals surface area (Å²) in [4.78, 5) is 0. The van der Waals surface area contributed by atoms with E-state index in [4.69, 9.17) is 5.73 Å². The maximum atomic E-state index is 6.26. The first-order valence-electron chi connectivity index (χ1n) is 6.12. The van der Waals surface area contributed by atoms with Crippen LogP contribution in [0.15, 0.2) is 0 Å². The highest BCUT2D eigenvalue weighted by atomic mass is 14.7. The smallest absolute Gasteiger partial charge is 0.00697 e. The van der Waals surface area contributed by atoms with Crippen LogP contribution in [0.25, 0.3) is 0 Å². The van der Waals surface area contributed by atoms with Crippen molar-refractivity contribution in [2.24, 2.45) is 17.6 Å². The molecule has 0 aromatic rings. The summed E-state index contributed by atoms with van der Waals surface area (Å²) in [5.41, 5.74) is 6.26. The Balaban J connectivity index is 1.73. The molecule has 0 amide bonds. The molecule has 1 unspecified atom stereocenters. The van der Waals surface area contributed by atoms with Crippen LogP contribution in [0.4, 0.5) is 0 Å². The van der Waals surface area contributed by atoms with E-state index >= 15 is 0 Å². The van der Waals surface area contributed by atoms with Crippen LogP contribution < -0.4 is 5.73 Å². The summed E-state index contributed by atoms with van der Waals surface area (Å²) in [6.07, 6.45) is 12.9. The van der Waals surface area contributed by atoms with Gasteiger partial charge in [-0.3, -0.25) is 0 Å². The summed E-state index contributed by atoms with van der Waals surface area (Å²) in [6.45, 7) is 0. The molecule has 0 heterocycles. The Labute approximate surface area is 82.1 Å². The first kappa shape index (κ1) is 9.51. The van der Waals surface area contributed by atoms with Gasteiger partial charge in [-0.15, -0.1) is 0 Å². The van der Waals surface area contributed by atoms with Crippen molar-refractivity contribution in [3.8, 4) is 0 Å². The fourth-order valence-electron chi connectivity index (χ4n) is 3.21. The van der Waals surface area contributed by atoms with Crippen molar-refractivity contribution in [3.05, 3.63) is 0 Å². The molecule has 1 heteroatoms. The molecule has 0 saturated heterocycles. The molecule has 2 fully saturated rings. The van der Waals surface area contributed by atoms with Crippen LogP contribution in [0.1, 0.15) is 57.8 Å². The number of nitrogens with two attached hydrogens (primary N) is 1. The Morgan fingerprint density at radius 3 is 2.08 bits per heavy atom. The molecule has 2 saturated carbocycles. The second kappa shape index (κ2) is 4.45. The summed E-state index contributed by atoms with van der Waals surface area (Å²) in [5, 5.41) is 0. The fourth-order valence-corrected chi connectivity index (χ4v) is 3.21. The van der Waals surface area contributed by atoms with E-state index in [2.05, 4.69) is 0 Å². The molecular formula is C12H23N. The van der Waals surface area contributed by atoms with E-state index in [1.807, 2.05) is 0 Å². The molecular weight excluding hydrogens is 158 g/mol. The summed E-state index contributed by atoms with van der Waals surface area (Å²) in [6, 6.07) is 0.533. The van der Waals surface area contributed by atoms with E-state index in [0.717, 1.165) is 11.8 Å². The van der Waals surface area contributed by atoms with E-state index in [1.54, 1.807) is 0 Å². The van der Waals surface area contributed by atoms with Crippen LogP contribution >= 0.6 is 0 Å².